The number of anilines is 1. The van der Waals surface area contributed by atoms with Crippen LogP contribution in [0.4, 0.5) is 5.69 Å². The maximum Gasteiger partial charge on any atom is 0.134 e. The molecule has 1 aliphatic rings. The minimum atomic E-state index is -0.0482. The summed E-state index contributed by atoms with van der Waals surface area (Å²) in [7, 11) is 0. The molecule has 1 fully saturated rings. The van der Waals surface area contributed by atoms with Gasteiger partial charge in [0.05, 0.1) is 13.2 Å². The number of aryl methyl sites for hydroxylation is 1. The number of hydrogen-bond acceptors (Lipinski definition) is 4. The van der Waals surface area contributed by atoms with E-state index in [2.05, 4.69) is 17.0 Å². The zero-order valence-electron chi connectivity index (χ0n) is 10.5. The van der Waals surface area contributed by atoms with Gasteiger partial charge in [0, 0.05) is 29.7 Å². The van der Waals surface area contributed by atoms with Crippen LogP contribution in [-0.2, 0) is 11.3 Å². The van der Waals surface area contributed by atoms with Gasteiger partial charge in [0.1, 0.15) is 18.0 Å². The van der Waals surface area contributed by atoms with Crippen molar-refractivity contribution >= 4 is 16.7 Å². The Kier molecular flexibility index (Phi) is 2.97. The zero-order chi connectivity index (χ0) is 12.5. The number of nitrogens with zero attached hydrogens (tertiary/aromatic N) is 1. The Morgan fingerprint density at radius 2 is 2.06 bits per heavy atom. The van der Waals surface area contributed by atoms with Gasteiger partial charge in [-0.15, -0.1) is 0 Å². The molecule has 1 aromatic heterocycles. The molecule has 0 bridgehead atoms. The van der Waals surface area contributed by atoms with Gasteiger partial charge >= 0.3 is 0 Å². The van der Waals surface area contributed by atoms with Crippen LogP contribution in [0, 0.1) is 6.92 Å². The number of aliphatic hydroxyl groups excluding tert-OH is 1. The third-order valence-electron chi connectivity index (χ3n) is 3.54. The van der Waals surface area contributed by atoms with Crippen molar-refractivity contribution in [2.45, 2.75) is 13.5 Å². The average molecular weight is 247 g/mol. The van der Waals surface area contributed by atoms with E-state index in [0.29, 0.717) is 5.76 Å². The minimum absolute atomic E-state index is 0.0482. The van der Waals surface area contributed by atoms with Crippen LogP contribution in [0.5, 0.6) is 0 Å². The lowest BCUT2D eigenvalue weighted by molar-refractivity contribution is 0.122. The molecule has 4 nitrogen and oxygen atoms in total. The quantitative estimate of drug-likeness (QED) is 0.882. The second-order valence-corrected chi connectivity index (χ2v) is 4.59. The number of ether oxygens (including phenoxy) is 1. The van der Waals surface area contributed by atoms with E-state index in [0.717, 1.165) is 42.8 Å². The first-order valence-electron chi connectivity index (χ1n) is 6.25. The summed E-state index contributed by atoms with van der Waals surface area (Å²) in [5, 5.41) is 10.3. The Balaban J connectivity index is 2.01. The molecule has 1 aliphatic heterocycles. The van der Waals surface area contributed by atoms with E-state index in [9.17, 15) is 5.11 Å². The highest BCUT2D eigenvalue weighted by Gasteiger charge is 2.14. The highest BCUT2D eigenvalue weighted by atomic mass is 16.5. The van der Waals surface area contributed by atoms with Crippen molar-refractivity contribution in [3.05, 3.63) is 29.5 Å². The summed E-state index contributed by atoms with van der Waals surface area (Å²) >= 11 is 0. The molecule has 0 radical (unpaired) electrons. The highest BCUT2D eigenvalue weighted by molar-refractivity contribution is 5.85. The molecule has 2 heterocycles. The first kappa shape index (κ1) is 11.6. The van der Waals surface area contributed by atoms with Crippen molar-refractivity contribution in [2.24, 2.45) is 0 Å². The third-order valence-corrected chi connectivity index (χ3v) is 3.54. The van der Waals surface area contributed by atoms with E-state index in [1.54, 1.807) is 0 Å². The number of fused-ring (bicyclic) bond motifs is 1. The molecule has 0 atom stereocenters. The van der Waals surface area contributed by atoms with Gasteiger partial charge < -0.3 is 19.2 Å². The van der Waals surface area contributed by atoms with Gasteiger partial charge in [-0.1, -0.05) is 0 Å². The molecular weight excluding hydrogens is 230 g/mol. The Labute approximate surface area is 106 Å². The van der Waals surface area contributed by atoms with Gasteiger partial charge in [-0.3, -0.25) is 0 Å². The third kappa shape index (κ3) is 1.87. The fourth-order valence-corrected chi connectivity index (χ4v) is 2.43. The predicted octanol–water partition coefficient (Wildman–Crippen LogP) is 2.07. The molecule has 18 heavy (non-hydrogen) atoms. The van der Waals surface area contributed by atoms with E-state index in [1.165, 1.54) is 5.69 Å². The van der Waals surface area contributed by atoms with Crippen molar-refractivity contribution in [2.75, 3.05) is 31.2 Å². The van der Waals surface area contributed by atoms with Gasteiger partial charge in [0.2, 0.25) is 0 Å². The molecule has 96 valence electrons. The number of rotatable bonds is 2. The number of morpholine rings is 1. The summed E-state index contributed by atoms with van der Waals surface area (Å²) in [6, 6.07) is 6.18. The van der Waals surface area contributed by atoms with E-state index >= 15 is 0 Å². The lowest BCUT2D eigenvalue weighted by Crippen LogP contribution is -2.36. The molecule has 4 heteroatoms. The summed E-state index contributed by atoms with van der Waals surface area (Å²) < 4.78 is 11.0. The van der Waals surface area contributed by atoms with Crippen molar-refractivity contribution < 1.29 is 14.3 Å². The normalized spacial score (nSPS) is 16.4. The van der Waals surface area contributed by atoms with Crippen molar-refractivity contribution in [1.29, 1.82) is 0 Å². The molecule has 0 spiro atoms. The van der Waals surface area contributed by atoms with Gasteiger partial charge in [-0.05, 0) is 25.1 Å². The van der Waals surface area contributed by atoms with Gasteiger partial charge in [0.15, 0.2) is 0 Å². The first-order chi connectivity index (χ1) is 8.79. The van der Waals surface area contributed by atoms with Crippen LogP contribution in [-0.4, -0.2) is 31.4 Å². The fraction of sp³-hybridized carbons (Fsp3) is 0.429. The minimum Gasteiger partial charge on any atom is -0.458 e. The van der Waals surface area contributed by atoms with Crippen LogP contribution in [0.2, 0.25) is 0 Å². The SMILES string of the molecule is Cc1c(CO)oc2ccc(N3CCOCC3)cc12. The Morgan fingerprint density at radius 1 is 1.28 bits per heavy atom. The largest absolute Gasteiger partial charge is 0.458 e. The fourth-order valence-electron chi connectivity index (χ4n) is 2.43. The second-order valence-electron chi connectivity index (χ2n) is 4.59. The topological polar surface area (TPSA) is 45.8 Å². The standard InChI is InChI=1S/C14H17NO3/c1-10-12-8-11(15-4-6-17-7-5-15)2-3-13(12)18-14(10)9-16/h2-3,8,16H,4-7,9H2,1H3. The molecule has 0 aliphatic carbocycles. The second kappa shape index (κ2) is 4.63. The first-order valence-corrected chi connectivity index (χ1v) is 6.25. The molecule has 3 rings (SSSR count). The monoisotopic (exact) mass is 247 g/mol. The molecular formula is C14H17NO3. The van der Waals surface area contributed by atoms with Crippen LogP contribution in [0.25, 0.3) is 11.0 Å². The van der Waals surface area contributed by atoms with Gasteiger partial charge in [-0.25, -0.2) is 0 Å². The maximum atomic E-state index is 9.22. The molecule has 0 amide bonds. The van der Waals surface area contributed by atoms with Crippen molar-refractivity contribution in [3.8, 4) is 0 Å². The summed E-state index contributed by atoms with van der Waals surface area (Å²) in [4.78, 5) is 2.31. The smallest absolute Gasteiger partial charge is 0.134 e. The van der Waals surface area contributed by atoms with Crippen molar-refractivity contribution in [3.63, 3.8) is 0 Å². The molecule has 2 aromatic rings. The summed E-state index contributed by atoms with van der Waals surface area (Å²) in [6.45, 7) is 5.35. The number of hydrogen-bond donors (Lipinski definition) is 1. The van der Waals surface area contributed by atoms with E-state index in [1.807, 2.05) is 13.0 Å². The molecule has 1 aromatic carbocycles. The van der Waals surface area contributed by atoms with Crippen LogP contribution in [0.3, 0.4) is 0 Å². The summed E-state index contributed by atoms with van der Waals surface area (Å²) in [5.74, 6) is 0.657. The highest BCUT2D eigenvalue weighted by Crippen LogP contribution is 2.29. The van der Waals surface area contributed by atoms with E-state index < -0.39 is 0 Å². The Morgan fingerprint density at radius 3 is 2.78 bits per heavy atom. The average Bonchev–Trinajstić information content (AvgIpc) is 2.76. The lowest BCUT2D eigenvalue weighted by atomic mass is 10.1. The van der Waals surface area contributed by atoms with Crippen LogP contribution >= 0.6 is 0 Å². The number of benzene rings is 1. The molecule has 1 N–H and O–H groups in total. The number of aliphatic hydroxyl groups is 1. The molecule has 1 saturated heterocycles. The van der Waals surface area contributed by atoms with E-state index in [-0.39, 0.29) is 6.61 Å². The van der Waals surface area contributed by atoms with Crippen LogP contribution in [0.1, 0.15) is 11.3 Å². The van der Waals surface area contributed by atoms with Crippen LogP contribution in [0.15, 0.2) is 22.6 Å². The van der Waals surface area contributed by atoms with Crippen molar-refractivity contribution in [1.82, 2.24) is 0 Å². The Bertz CT molecular complexity index is 555. The van der Waals surface area contributed by atoms with E-state index in [4.69, 9.17) is 9.15 Å². The number of furan rings is 1. The van der Waals surface area contributed by atoms with Gasteiger partial charge in [-0.2, -0.15) is 0 Å². The maximum absolute atomic E-state index is 9.22. The van der Waals surface area contributed by atoms with Crippen LogP contribution < -0.4 is 4.90 Å². The summed E-state index contributed by atoms with van der Waals surface area (Å²) in [6.07, 6.45) is 0. The molecule has 0 unspecified atom stereocenters. The zero-order valence-corrected chi connectivity index (χ0v) is 10.5. The summed E-state index contributed by atoms with van der Waals surface area (Å²) in [5.41, 5.74) is 3.07. The molecule has 0 saturated carbocycles. The lowest BCUT2D eigenvalue weighted by Gasteiger charge is -2.28. The Hall–Kier alpha value is -1.52. The van der Waals surface area contributed by atoms with Gasteiger partial charge in [0.25, 0.3) is 0 Å². The predicted molar refractivity (Wildman–Crippen MR) is 69.9 cm³/mol.